The Morgan fingerprint density at radius 3 is 2.50 bits per heavy atom. The molecule has 0 bridgehead atoms. The molecule has 1 saturated carbocycles. The lowest BCUT2D eigenvalue weighted by Crippen LogP contribution is -2.49. The summed E-state index contributed by atoms with van der Waals surface area (Å²) in [6, 6.07) is 6.91. The number of nitrogens with one attached hydrogen (secondary N) is 2. The monoisotopic (exact) mass is 329 g/mol. The lowest BCUT2D eigenvalue weighted by Gasteiger charge is -2.33. The fraction of sp³-hybridized carbons (Fsp3) is 0.500. The highest BCUT2D eigenvalue weighted by Crippen LogP contribution is 2.36. The molecule has 24 heavy (non-hydrogen) atoms. The van der Waals surface area contributed by atoms with E-state index in [1.54, 1.807) is 12.1 Å². The number of aryl methyl sites for hydroxylation is 1. The van der Waals surface area contributed by atoms with Crippen LogP contribution in [0.1, 0.15) is 38.2 Å². The molecule has 4 amide bonds. The van der Waals surface area contributed by atoms with E-state index >= 15 is 0 Å². The van der Waals surface area contributed by atoms with Crippen LogP contribution in [0.4, 0.5) is 10.5 Å². The van der Waals surface area contributed by atoms with Gasteiger partial charge in [0.2, 0.25) is 5.91 Å². The molecule has 1 aromatic rings. The van der Waals surface area contributed by atoms with Crippen LogP contribution in [-0.2, 0) is 9.59 Å². The molecule has 128 valence electrons. The molecule has 0 unspecified atom stereocenters. The molecule has 0 radical (unpaired) electrons. The standard InChI is InChI=1S/C18H23N3O3/c1-12-3-5-14(6-4-12)19-15(22)11-21-16(23)18(20-17(21)24)9-7-13(2)8-10-18/h3-6,13H,7-11H2,1-2H3,(H,19,22)(H,20,24). The van der Waals surface area contributed by atoms with Crippen molar-refractivity contribution in [1.82, 2.24) is 10.2 Å². The van der Waals surface area contributed by atoms with E-state index in [2.05, 4.69) is 17.6 Å². The van der Waals surface area contributed by atoms with Crippen LogP contribution in [0.5, 0.6) is 0 Å². The maximum atomic E-state index is 12.7. The zero-order valence-corrected chi connectivity index (χ0v) is 14.1. The van der Waals surface area contributed by atoms with Crippen LogP contribution in [0.25, 0.3) is 0 Å². The quantitative estimate of drug-likeness (QED) is 0.836. The lowest BCUT2D eigenvalue weighted by molar-refractivity contribution is -0.135. The summed E-state index contributed by atoms with van der Waals surface area (Å²) in [5.74, 6) is -0.0683. The van der Waals surface area contributed by atoms with Crippen molar-refractivity contribution in [1.29, 1.82) is 0 Å². The minimum absolute atomic E-state index is 0.254. The van der Waals surface area contributed by atoms with Crippen molar-refractivity contribution in [3.8, 4) is 0 Å². The molecule has 0 aromatic heterocycles. The fourth-order valence-corrected chi connectivity index (χ4v) is 3.39. The lowest BCUT2D eigenvalue weighted by atomic mass is 9.77. The van der Waals surface area contributed by atoms with Crippen molar-refractivity contribution >= 4 is 23.5 Å². The number of carbonyl (C=O) groups excluding carboxylic acids is 3. The van der Waals surface area contributed by atoms with Crippen LogP contribution < -0.4 is 10.6 Å². The van der Waals surface area contributed by atoms with Crippen LogP contribution in [0.3, 0.4) is 0 Å². The number of benzene rings is 1. The number of imide groups is 1. The average molecular weight is 329 g/mol. The van der Waals surface area contributed by atoms with Crippen LogP contribution >= 0.6 is 0 Å². The Labute approximate surface area is 141 Å². The molecule has 2 fully saturated rings. The van der Waals surface area contributed by atoms with E-state index in [4.69, 9.17) is 0 Å². The Hall–Kier alpha value is -2.37. The van der Waals surface area contributed by atoms with Gasteiger partial charge in [0.15, 0.2) is 0 Å². The largest absolute Gasteiger partial charge is 0.325 e. The van der Waals surface area contributed by atoms with Crippen molar-refractivity contribution in [2.45, 2.75) is 45.1 Å². The highest BCUT2D eigenvalue weighted by Gasteiger charge is 2.52. The van der Waals surface area contributed by atoms with Gasteiger partial charge < -0.3 is 10.6 Å². The van der Waals surface area contributed by atoms with E-state index < -0.39 is 11.6 Å². The molecular weight excluding hydrogens is 306 g/mol. The third-order valence-electron chi connectivity index (χ3n) is 5.01. The predicted molar refractivity (Wildman–Crippen MR) is 90.4 cm³/mol. The van der Waals surface area contributed by atoms with E-state index in [0.29, 0.717) is 24.4 Å². The molecule has 0 atom stereocenters. The SMILES string of the molecule is Cc1ccc(NC(=O)CN2C(=O)NC3(CCC(C)CC3)C2=O)cc1. The van der Waals surface area contributed by atoms with Crippen molar-refractivity contribution < 1.29 is 14.4 Å². The molecule has 1 aliphatic heterocycles. The molecular formula is C18H23N3O3. The first kappa shape index (κ1) is 16.5. The van der Waals surface area contributed by atoms with E-state index in [9.17, 15) is 14.4 Å². The van der Waals surface area contributed by atoms with E-state index in [0.717, 1.165) is 23.3 Å². The van der Waals surface area contributed by atoms with Crippen molar-refractivity contribution in [2.24, 2.45) is 5.92 Å². The van der Waals surface area contributed by atoms with Crippen LogP contribution in [-0.4, -0.2) is 34.8 Å². The molecule has 6 heteroatoms. The number of urea groups is 1. The van der Waals surface area contributed by atoms with Gasteiger partial charge in [0, 0.05) is 5.69 Å². The molecule has 1 aromatic carbocycles. The maximum Gasteiger partial charge on any atom is 0.325 e. The van der Waals surface area contributed by atoms with Gasteiger partial charge in [0.1, 0.15) is 12.1 Å². The summed E-state index contributed by atoms with van der Waals surface area (Å²) >= 11 is 0. The minimum atomic E-state index is -0.798. The number of rotatable bonds is 3. The van der Waals surface area contributed by atoms with E-state index in [1.807, 2.05) is 19.1 Å². The second-order valence-electron chi connectivity index (χ2n) is 7.00. The number of amides is 4. The summed E-state index contributed by atoms with van der Waals surface area (Å²) in [5, 5.41) is 5.55. The molecule has 1 aliphatic carbocycles. The first-order chi connectivity index (χ1) is 11.4. The number of carbonyl (C=O) groups is 3. The Morgan fingerprint density at radius 1 is 1.25 bits per heavy atom. The third-order valence-corrected chi connectivity index (χ3v) is 5.01. The summed E-state index contributed by atoms with van der Waals surface area (Å²) in [6.45, 7) is 3.86. The molecule has 6 nitrogen and oxygen atoms in total. The maximum absolute atomic E-state index is 12.7. The zero-order valence-electron chi connectivity index (χ0n) is 14.1. The predicted octanol–water partition coefficient (Wildman–Crippen LogP) is 2.43. The second kappa shape index (κ2) is 6.26. The molecule has 3 rings (SSSR count). The fourth-order valence-electron chi connectivity index (χ4n) is 3.39. The Bertz CT molecular complexity index is 661. The van der Waals surface area contributed by atoms with Gasteiger partial charge in [-0.05, 0) is 50.7 Å². The Morgan fingerprint density at radius 2 is 1.88 bits per heavy atom. The minimum Gasteiger partial charge on any atom is -0.325 e. The first-order valence-electron chi connectivity index (χ1n) is 8.40. The number of hydrogen-bond donors (Lipinski definition) is 2. The normalized spacial score (nSPS) is 26.6. The van der Waals surface area contributed by atoms with Crippen molar-refractivity contribution in [2.75, 3.05) is 11.9 Å². The van der Waals surface area contributed by atoms with Gasteiger partial charge in [0.05, 0.1) is 0 Å². The van der Waals surface area contributed by atoms with E-state index in [1.165, 1.54) is 0 Å². The number of anilines is 1. The Kier molecular flexibility index (Phi) is 4.30. The van der Waals surface area contributed by atoms with Crippen molar-refractivity contribution in [3.05, 3.63) is 29.8 Å². The summed E-state index contributed by atoms with van der Waals surface area (Å²) in [5.41, 5.74) is 0.947. The van der Waals surface area contributed by atoms with Gasteiger partial charge >= 0.3 is 6.03 Å². The molecule has 1 spiro atoms. The van der Waals surface area contributed by atoms with Crippen LogP contribution in [0.15, 0.2) is 24.3 Å². The first-order valence-corrected chi connectivity index (χ1v) is 8.40. The highest BCUT2D eigenvalue weighted by molar-refractivity contribution is 6.10. The molecule has 2 aliphatic rings. The highest BCUT2D eigenvalue weighted by atomic mass is 16.2. The topological polar surface area (TPSA) is 78.5 Å². The van der Waals surface area contributed by atoms with Gasteiger partial charge in [-0.3, -0.25) is 14.5 Å². The summed E-state index contributed by atoms with van der Waals surface area (Å²) in [6.07, 6.45) is 3.12. The van der Waals surface area contributed by atoms with Crippen LogP contribution in [0, 0.1) is 12.8 Å². The Balaban J connectivity index is 1.64. The second-order valence-corrected chi connectivity index (χ2v) is 7.00. The van der Waals surface area contributed by atoms with Gasteiger partial charge in [-0.25, -0.2) is 4.79 Å². The number of nitrogens with zero attached hydrogens (tertiary/aromatic N) is 1. The van der Waals surface area contributed by atoms with Gasteiger partial charge in [-0.15, -0.1) is 0 Å². The summed E-state index contributed by atoms with van der Waals surface area (Å²) < 4.78 is 0. The zero-order chi connectivity index (χ0) is 17.3. The van der Waals surface area contributed by atoms with Gasteiger partial charge in [-0.1, -0.05) is 24.6 Å². The summed E-state index contributed by atoms with van der Waals surface area (Å²) in [7, 11) is 0. The molecule has 1 saturated heterocycles. The third kappa shape index (κ3) is 3.13. The van der Waals surface area contributed by atoms with Crippen molar-refractivity contribution in [3.63, 3.8) is 0 Å². The summed E-state index contributed by atoms with van der Waals surface area (Å²) in [4.78, 5) is 38.1. The molecule has 2 N–H and O–H groups in total. The van der Waals surface area contributed by atoms with Crippen LogP contribution in [0.2, 0.25) is 0 Å². The van der Waals surface area contributed by atoms with Gasteiger partial charge in [0.25, 0.3) is 5.91 Å². The molecule has 1 heterocycles. The van der Waals surface area contributed by atoms with E-state index in [-0.39, 0.29) is 18.4 Å². The smallest absolute Gasteiger partial charge is 0.325 e. The van der Waals surface area contributed by atoms with Gasteiger partial charge in [-0.2, -0.15) is 0 Å². The number of hydrogen-bond acceptors (Lipinski definition) is 3. The average Bonchev–Trinajstić information content (AvgIpc) is 2.77.